The number of hydrogen-bond acceptors (Lipinski definition) is 2. The van der Waals surface area contributed by atoms with Crippen LogP contribution in [0.2, 0.25) is 0 Å². The van der Waals surface area contributed by atoms with Crippen LogP contribution in [0.25, 0.3) is 0 Å². The van der Waals surface area contributed by atoms with Gasteiger partial charge in [0.05, 0.1) is 0 Å². The van der Waals surface area contributed by atoms with Crippen molar-refractivity contribution in [3.05, 3.63) is 18.2 Å². The van der Waals surface area contributed by atoms with E-state index in [1.807, 2.05) is 6.20 Å². The Hall–Kier alpha value is -0.830. The van der Waals surface area contributed by atoms with Gasteiger partial charge in [0.2, 0.25) is 0 Å². The summed E-state index contributed by atoms with van der Waals surface area (Å²) in [5.74, 6) is 1.22. The number of rotatable bonds is 6. The van der Waals surface area contributed by atoms with Crippen LogP contribution in [0.15, 0.2) is 12.4 Å². The molecule has 0 saturated carbocycles. The van der Waals surface area contributed by atoms with Crippen molar-refractivity contribution < 1.29 is 0 Å². The highest BCUT2D eigenvalue weighted by atomic mass is 15.1. The van der Waals surface area contributed by atoms with Crippen molar-refractivity contribution in [1.82, 2.24) is 14.9 Å². The van der Waals surface area contributed by atoms with E-state index in [0.29, 0.717) is 0 Å². The van der Waals surface area contributed by atoms with Gasteiger partial charge in [-0.3, -0.25) is 0 Å². The molecular weight excluding hydrogens is 198 g/mol. The topological polar surface area (TPSA) is 29.9 Å². The molecule has 0 unspecified atom stereocenters. The van der Waals surface area contributed by atoms with Crippen LogP contribution in [0.1, 0.15) is 46.4 Å². The summed E-state index contributed by atoms with van der Waals surface area (Å²) >= 11 is 0. The Balaban J connectivity index is 2.29. The number of nitrogens with zero attached hydrogens (tertiary/aromatic N) is 2. The maximum absolute atomic E-state index is 4.40. The van der Waals surface area contributed by atoms with E-state index in [1.54, 1.807) is 0 Å². The van der Waals surface area contributed by atoms with Crippen LogP contribution < -0.4 is 5.32 Å². The SMILES string of the molecule is CCCn1ccnc1CCCNC(C)(C)C. The molecule has 0 fully saturated rings. The summed E-state index contributed by atoms with van der Waals surface area (Å²) in [6, 6.07) is 0. The van der Waals surface area contributed by atoms with Crippen LogP contribution in [-0.4, -0.2) is 21.6 Å². The highest BCUT2D eigenvalue weighted by Crippen LogP contribution is 2.04. The number of aryl methyl sites for hydroxylation is 2. The molecule has 0 atom stereocenters. The fourth-order valence-corrected chi connectivity index (χ4v) is 1.72. The van der Waals surface area contributed by atoms with Gasteiger partial charge in [-0.1, -0.05) is 6.92 Å². The Morgan fingerprint density at radius 2 is 2.12 bits per heavy atom. The van der Waals surface area contributed by atoms with Crippen molar-refractivity contribution in [1.29, 1.82) is 0 Å². The number of hydrogen-bond donors (Lipinski definition) is 1. The monoisotopic (exact) mass is 223 g/mol. The molecule has 0 amide bonds. The molecule has 1 rings (SSSR count). The molecule has 16 heavy (non-hydrogen) atoms. The van der Waals surface area contributed by atoms with E-state index in [9.17, 15) is 0 Å². The smallest absolute Gasteiger partial charge is 0.108 e. The van der Waals surface area contributed by atoms with E-state index in [-0.39, 0.29) is 5.54 Å². The van der Waals surface area contributed by atoms with Gasteiger partial charge in [0.1, 0.15) is 5.82 Å². The molecule has 92 valence electrons. The minimum absolute atomic E-state index is 0.221. The highest BCUT2D eigenvalue weighted by Gasteiger charge is 2.08. The molecule has 1 N–H and O–H groups in total. The van der Waals surface area contributed by atoms with E-state index in [0.717, 1.165) is 25.9 Å². The van der Waals surface area contributed by atoms with Crippen LogP contribution in [-0.2, 0) is 13.0 Å². The standard InChI is InChI=1S/C13H25N3/c1-5-10-16-11-9-14-12(16)7-6-8-15-13(2,3)4/h9,11,15H,5-8,10H2,1-4H3. The molecule has 0 aliphatic heterocycles. The zero-order valence-electron chi connectivity index (χ0n) is 11.1. The third kappa shape index (κ3) is 4.79. The van der Waals surface area contributed by atoms with Gasteiger partial charge in [0.15, 0.2) is 0 Å². The molecular formula is C13H25N3. The summed E-state index contributed by atoms with van der Waals surface area (Å²) in [4.78, 5) is 4.40. The Morgan fingerprint density at radius 3 is 2.75 bits per heavy atom. The van der Waals surface area contributed by atoms with Crippen LogP contribution >= 0.6 is 0 Å². The van der Waals surface area contributed by atoms with Crippen LogP contribution in [0, 0.1) is 0 Å². The lowest BCUT2D eigenvalue weighted by Gasteiger charge is -2.20. The minimum atomic E-state index is 0.221. The molecule has 1 heterocycles. The lowest BCUT2D eigenvalue weighted by molar-refractivity contribution is 0.420. The first-order valence-corrected chi connectivity index (χ1v) is 6.28. The lowest BCUT2D eigenvalue weighted by atomic mass is 10.1. The van der Waals surface area contributed by atoms with E-state index >= 15 is 0 Å². The summed E-state index contributed by atoms with van der Waals surface area (Å²) in [6.07, 6.45) is 7.37. The third-order valence-corrected chi connectivity index (χ3v) is 2.50. The lowest BCUT2D eigenvalue weighted by Crippen LogP contribution is -2.36. The molecule has 0 saturated heterocycles. The van der Waals surface area contributed by atoms with Crippen LogP contribution in [0.4, 0.5) is 0 Å². The van der Waals surface area contributed by atoms with Crippen molar-refractivity contribution in [3.8, 4) is 0 Å². The minimum Gasteiger partial charge on any atom is -0.335 e. The Bertz CT molecular complexity index is 296. The maximum atomic E-state index is 4.40. The van der Waals surface area contributed by atoms with Crippen LogP contribution in [0.5, 0.6) is 0 Å². The number of nitrogens with one attached hydrogen (secondary N) is 1. The molecule has 0 bridgehead atoms. The van der Waals surface area contributed by atoms with Crippen molar-refractivity contribution >= 4 is 0 Å². The zero-order chi connectivity index (χ0) is 12.0. The first kappa shape index (κ1) is 13.2. The molecule has 3 nitrogen and oxygen atoms in total. The average Bonchev–Trinajstić information content (AvgIpc) is 2.60. The second kappa shape index (κ2) is 6.04. The Morgan fingerprint density at radius 1 is 1.38 bits per heavy atom. The first-order chi connectivity index (χ1) is 7.53. The zero-order valence-corrected chi connectivity index (χ0v) is 11.1. The predicted octanol–water partition coefficient (Wildman–Crippen LogP) is 2.61. The third-order valence-electron chi connectivity index (χ3n) is 2.50. The van der Waals surface area contributed by atoms with Crippen molar-refractivity contribution in [2.75, 3.05) is 6.54 Å². The molecule has 0 aliphatic carbocycles. The van der Waals surface area contributed by atoms with Gasteiger partial charge in [-0.05, 0) is 40.2 Å². The van der Waals surface area contributed by atoms with Gasteiger partial charge in [0, 0.05) is 30.9 Å². The fourth-order valence-electron chi connectivity index (χ4n) is 1.72. The molecule has 1 aromatic heterocycles. The molecule has 0 aromatic carbocycles. The first-order valence-electron chi connectivity index (χ1n) is 6.28. The van der Waals surface area contributed by atoms with Crippen molar-refractivity contribution in [3.63, 3.8) is 0 Å². The van der Waals surface area contributed by atoms with Gasteiger partial charge < -0.3 is 9.88 Å². The highest BCUT2D eigenvalue weighted by molar-refractivity contribution is 4.92. The summed E-state index contributed by atoms with van der Waals surface area (Å²) in [7, 11) is 0. The van der Waals surface area contributed by atoms with Gasteiger partial charge in [-0.2, -0.15) is 0 Å². The maximum Gasteiger partial charge on any atom is 0.108 e. The second-order valence-corrected chi connectivity index (χ2v) is 5.32. The normalized spacial score (nSPS) is 12.0. The molecule has 0 radical (unpaired) electrons. The summed E-state index contributed by atoms with van der Waals surface area (Å²) in [5.41, 5.74) is 0.221. The molecule has 1 aromatic rings. The van der Waals surface area contributed by atoms with Gasteiger partial charge in [-0.15, -0.1) is 0 Å². The second-order valence-electron chi connectivity index (χ2n) is 5.32. The van der Waals surface area contributed by atoms with E-state index in [1.165, 1.54) is 12.2 Å². The van der Waals surface area contributed by atoms with Gasteiger partial charge >= 0.3 is 0 Å². The quantitative estimate of drug-likeness (QED) is 0.751. The molecule has 0 spiro atoms. The van der Waals surface area contributed by atoms with E-state index < -0.39 is 0 Å². The fraction of sp³-hybridized carbons (Fsp3) is 0.769. The van der Waals surface area contributed by atoms with E-state index in [4.69, 9.17) is 0 Å². The van der Waals surface area contributed by atoms with Gasteiger partial charge in [-0.25, -0.2) is 4.98 Å². The Kier molecular flexibility index (Phi) is 5.00. The average molecular weight is 223 g/mol. The number of aromatic nitrogens is 2. The summed E-state index contributed by atoms with van der Waals surface area (Å²) < 4.78 is 2.26. The molecule has 3 heteroatoms. The van der Waals surface area contributed by atoms with Gasteiger partial charge in [0.25, 0.3) is 0 Å². The predicted molar refractivity (Wildman–Crippen MR) is 68.6 cm³/mol. The summed E-state index contributed by atoms with van der Waals surface area (Å²) in [6.45, 7) is 10.9. The van der Waals surface area contributed by atoms with E-state index in [2.05, 4.69) is 48.8 Å². The summed E-state index contributed by atoms with van der Waals surface area (Å²) in [5, 5.41) is 3.50. The van der Waals surface area contributed by atoms with Crippen LogP contribution in [0.3, 0.4) is 0 Å². The Labute approximate surface area is 99.3 Å². The molecule has 0 aliphatic rings. The largest absolute Gasteiger partial charge is 0.335 e. The van der Waals surface area contributed by atoms with Crippen molar-refractivity contribution in [2.24, 2.45) is 0 Å². The van der Waals surface area contributed by atoms with Crippen molar-refractivity contribution in [2.45, 2.75) is 59.0 Å². The number of imidazole rings is 1.